The first kappa shape index (κ1) is 15.2. The summed E-state index contributed by atoms with van der Waals surface area (Å²) >= 11 is 0. The SMILES string of the molecule is CCCNC(COCCOC)c1ccccc1C. The van der Waals surface area contributed by atoms with Gasteiger partial charge in [-0.3, -0.25) is 0 Å². The Morgan fingerprint density at radius 2 is 2.00 bits per heavy atom. The minimum Gasteiger partial charge on any atom is -0.382 e. The average Bonchev–Trinajstić information content (AvgIpc) is 2.39. The lowest BCUT2D eigenvalue weighted by Crippen LogP contribution is -2.27. The third-order valence-corrected chi connectivity index (χ3v) is 2.92. The van der Waals surface area contributed by atoms with Crippen LogP contribution in [-0.2, 0) is 9.47 Å². The first-order chi connectivity index (χ1) is 8.79. The van der Waals surface area contributed by atoms with Gasteiger partial charge < -0.3 is 14.8 Å². The molecule has 1 rings (SSSR count). The second kappa shape index (κ2) is 9.09. The summed E-state index contributed by atoms with van der Waals surface area (Å²) in [4.78, 5) is 0. The predicted molar refractivity (Wildman–Crippen MR) is 74.9 cm³/mol. The van der Waals surface area contributed by atoms with Gasteiger partial charge in [0.25, 0.3) is 0 Å². The Morgan fingerprint density at radius 3 is 2.67 bits per heavy atom. The molecule has 0 saturated carbocycles. The van der Waals surface area contributed by atoms with Crippen molar-refractivity contribution in [1.29, 1.82) is 0 Å². The van der Waals surface area contributed by atoms with E-state index in [4.69, 9.17) is 9.47 Å². The normalized spacial score (nSPS) is 12.6. The van der Waals surface area contributed by atoms with Crippen LogP contribution in [0.1, 0.15) is 30.5 Å². The molecule has 0 aliphatic rings. The van der Waals surface area contributed by atoms with E-state index in [9.17, 15) is 0 Å². The second-order valence-corrected chi connectivity index (χ2v) is 4.43. The van der Waals surface area contributed by atoms with E-state index in [1.165, 1.54) is 11.1 Å². The molecule has 18 heavy (non-hydrogen) atoms. The first-order valence-electron chi connectivity index (χ1n) is 6.65. The van der Waals surface area contributed by atoms with Crippen LogP contribution in [0.2, 0.25) is 0 Å². The fraction of sp³-hybridized carbons (Fsp3) is 0.600. The topological polar surface area (TPSA) is 30.5 Å². The van der Waals surface area contributed by atoms with Gasteiger partial charge in [-0.25, -0.2) is 0 Å². The van der Waals surface area contributed by atoms with Crippen molar-refractivity contribution < 1.29 is 9.47 Å². The molecule has 0 saturated heterocycles. The maximum Gasteiger partial charge on any atom is 0.0701 e. The number of hydrogen-bond donors (Lipinski definition) is 1. The number of benzene rings is 1. The Morgan fingerprint density at radius 1 is 1.22 bits per heavy atom. The van der Waals surface area contributed by atoms with E-state index in [1.807, 2.05) is 0 Å². The predicted octanol–water partition coefficient (Wildman–Crippen LogP) is 2.70. The maximum atomic E-state index is 5.66. The van der Waals surface area contributed by atoms with Crippen LogP contribution in [-0.4, -0.2) is 33.5 Å². The fourth-order valence-corrected chi connectivity index (χ4v) is 1.90. The van der Waals surface area contributed by atoms with Gasteiger partial charge in [0.1, 0.15) is 0 Å². The summed E-state index contributed by atoms with van der Waals surface area (Å²) in [7, 11) is 1.69. The van der Waals surface area contributed by atoms with E-state index in [-0.39, 0.29) is 6.04 Å². The molecule has 1 atom stereocenters. The maximum absolute atomic E-state index is 5.66. The molecule has 0 aliphatic heterocycles. The molecule has 102 valence electrons. The lowest BCUT2D eigenvalue weighted by atomic mass is 10.0. The van der Waals surface area contributed by atoms with E-state index in [0.717, 1.165) is 13.0 Å². The summed E-state index contributed by atoms with van der Waals surface area (Å²) in [6.45, 7) is 7.31. The highest BCUT2D eigenvalue weighted by Gasteiger charge is 2.12. The third-order valence-electron chi connectivity index (χ3n) is 2.92. The molecule has 0 radical (unpaired) electrons. The van der Waals surface area contributed by atoms with Crippen molar-refractivity contribution >= 4 is 0 Å². The molecule has 0 aliphatic carbocycles. The molecule has 1 aromatic rings. The zero-order valence-electron chi connectivity index (χ0n) is 11.7. The van der Waals surface area contributed by atoms with Gasteiger partial charge >= 0.3 is 0 Å². The third kappa shape index (κ3) is 5.17. The van der Waals surface area contributed by atoms with Gasteiger partial charge in [0.15, 0.2) is 0 Å². The van der Waals surface area contributed by atoms with Gasteiger partial charge in [0, 0.05) is 7.11 Å². The molecular formula is C15H25NO2. The van der Waals surface area contributed by atoms with Gasteiger partial charge in [0.05, 0.1) is 25.9 Å². The minimum atomic E-state index is 0.267. The number of hydrogen-bond acceptors (Lipinski definition) is 3. The van der Waals surface area contributed by atoms with Crippen molar-refractivity contribution in [2.45, 2.75) is 26.3 Å². The highest BCUT2D eigenvalue weighted by atomic mass is 16.5. The Labute approximate surface area is 110 Å². The van der Waals surface area contributed by atoms with E-state index in [2.05, 4.69) is 43.4 Å². The van der Waals surface area contributed by atoms with Crippen molar-refractivity contribution in [2.75, 3.05) is 33.5 Å². The quantitative estimate of drug-likeness (QED) is 0.685. The van der Waals surface area contributed by atoms with Crippen LogP contribution in [0, 0.1) is 6.92 Å². The second-order valence-electron chi connectivity index (χ2n) is 4.43. The van der Waals surface area contributed by atoms with Crippen LogP contribution < -0.4 is 5.32 Å². The summed E-state index contributed by atoms with van der Waals surface area (Å²) in [6.07, 6.45) is 1.13. The first-order valence-corrected chi connectivity index (χ1v) is 6.65. The van der Waals surface area contributed by atoms with Gasteiger partial charge in [-0.05, 0) is 31.0 Å². The molecule has 3 heteroatoms. The number of methoxy groups -OCH3 is 1. The molecule has 1 aromatic carbocycles. The molecule has 1 unspecified atom stereocenters. The molecular weight excluding hydrogens is 226 g/mol. The Balaban J connectivity index is 2.57. The summed E-state index contributed by atoms with van der Waals surface area (Å²) in [5, 5.41) is 3.54. The summed E-state index contributed by atoms with van der Waals surface area (Å²) in [5.41, 5.74) is 2.63. The number of aryl methyl sites for hydroxylation is 1. The van der Waals surface area contributed by atoms with Crippen LogP contribution >= 0.6 is 0 Å². The Hall–Kier alpha value is -0.900. The molecule has 0 aromatic heterocycles. The molecule has 0 spiro atoms. The lowest BCUT2D eigenvalue weighted by molar-refractivity contribution is 0.0585. The van der Waals surface area contributed by atoms with Gasteiger partial charge in [-0.15, -0.1) is 0 Å². The monoisotopic (exact) mass is 251 g/mol. The Bertz CT molecular complexity index is 328. The van der Waals surface area contributed by atoms with Crippen LogP contribution in [0.15, 0.2) is 24.3 Å². The number of nitrogens with one attached hydrogen (secondary N) is 1. The number of ether oxygens (including phenoxy) is 2. The van der Waals surface area contributed by atoms with Crippen LogP contribution in [0.5, 0.6) is 0 Å². The fourth-order valence-electron chi connectivity index (χ4n) is 1.90. The molecule has 0 heterocycles. The summed E-state index contributed by atoms with van der Waals surface area (Å²) < 4.78 is 10.6. The van der Waals surface area contributed by atoms with E-state index < -0.39 is 0 Å². The van der Waals surface area contributed by atoms with Crippen molar-refractivity contribution in [3.05, 3.63) is 35.4 Å². The molecule has 0 bridgehead atoms. The summed E-state index contributed by atoms with van der Waals surface area (Å²) in [6, 6.07) is 8.73. The van der Waals surface area contributed by atoms with Gasteiger partial charge in [-0.1, -0.05) is 31.2 Å². The van der Waals surface area contributed by atoms with Gasteiger partial charge in [0.2, 0.25) is 0 Å². The van der Waals surface area contributed by atoms with Crippen LogP contribution in [0.4, 0.5) is 0 Å². The smallest absolute Gasteiger partial charge is 0.0701 e. The van der Waals surface area contributed by atoms with Crippen molar-refractivity contribution in [3.63, 3.8) is 0 Å². The van der Waals surface area contributed by atoms with E-state index >= 15 is 0 Å². The van der Waals surface area contributed by atoms with E-state index in [1.54, 1.807) is 7.11 Å². The molecule has 3 nitrogen and oxygen atoms in total. The summed E-state index contributed by atoms with van der Waals surface area (Å²) in [5.74, 6) is 0. The van der Waals surface area contributed by atoms with Crippen LogP contribution in [0.25, 0.3) is 0 Å². The van der Waals surface area contributed by atoms with E-state index in [0.29, 0.717) is 19.8 Å². The molecule has 0 amide bonds. The van der Waals surface area contributed by atoms with Crippen molar-refractivity contribution in [1.82, 2.24) is 5.32 Å². The van der Waals surface area contributed by atoms with Gasteiger partial charge in [-0.2, -0.15) is 0 Å². The largest absolute Gasteiger partial charge is 0.382 e. The molecule has 1 N–H and O–H groups in total. The average molecular weight is 251 g/mol. The Kier molecular flexibility index (Phi) is 7.65. The minimum absolute atomic E-state index is 0.267. The number of rotatable bonds is 9. The van der Waals surface area contributed by atoms with Crippen molar-refractivity contribution in [3.8, 4) is 0 Å². The zero-order chi connectivity index (χ0) is 13.2. The van der Waals surface area contributed by atoms with Crippen LogP contribution in [0.3, 0.4) is 0 Å². The zero-order valence-corrected chi connectivity index (χ0v) is 11.7. The highest BCUT2D eigenvalue weighted by molar-refractivity contribution is 5.28. The lowest BCUT2D eigenvalue weighted by Gasteiger charge is -2.21. The molecule has 0 fully saturated rings. The van der Waals surface area contributed by atoms with Crippen molar-refractivity contribution in [2.24, 2.45) is 0 Å². The standard InChI is InChI=1S/C15H25NO2/c1-4-9-16-15(12-18-11-10-17-3)14-8-6-5-7-13(14)2/h5-8,15-16H,4,9-12H2,1-3H3. The highest BCUT2D eigenvalue weighted by Crippen LogP contribution is 2.17.